The fraction of sp³-hybridized carbons (Fsp3) is 0.273. The highest BCUT2D eigenvalue weighted by atomic mass is 79.9. The minimum Gasteiger partial charge on any atom is -0.481 e. The topological polar surface area (TPSA) is 69.6 Å². The molecule has 2 amide bonds. The molecule has 102 valence electrons. The zero-order chi connectivity index (χ0) is 14.2. The van der Waals surface area contributed by atoms with E-state index in [1.54, 1.807) is 0 Å². The molecule has 5 nitrogen and oxygen atoms in total. The Balaban J connectivity index is 2.03. The van der Waals surface area contributed by atoms with Gasteiger partial charge in [0.25, 0.3) is 0 Å². The third kappa shape index (κ3) is 2.83. The molecular formula is C11H9BrF2N2O3. The van der Waals surface area contributed by atoms with Crippen LogP contribution in [-0.2, 0) is 4.79 Å². The summed E-state index contributed by atoms with van der Waals surface area (Å²) in [7, 11) is 0. The van der Waals surface area contributed by atoms with Gasteiger partial charge in [-0.3, -0.25) is 4.79 Å². The predicted octanol–water partition coefficient (Wildman–Crippen LogP) is 2.28. The van der Waals surface area contributed by atoms with Gasteiger partial charge in [-0.05, 0) is 12.1 Å². The maximum Gasteiger partial charge on any atom is 0.322 e. The number of carboxylic acids is 1. The SMILES string of the molecule is O=C(O)C1CN(C(=O)Nc2c(F)cc(Br)cc2F)C1. The number of aliphatic carboxylic acids is 1. The van der Waals surface area contributed by atoms with Crippen molar-refractivity contribution >= 4 is 33.6 Å². The molecule has 1 aromatic carbocycles. The van der Waals surface area contributed by atoms with Gasteiger partial charge in [-0.1, -0.05) is 15.9 Å². The third-order valence-electron chi connectivity index (χ3n) is 2.76. The zero-order valence-electron chi connectivity index (χ0n) is 9.49. The number of rotatable bonds is 2. The molecule has 2 N–H and O–H groups in total. The largest absolute Gasteiger partial charge is 0.481 e. The van der Waals surface area contributed by atoms with Crippen LogP contribution in [-0.4, -0.2) is 35.1 Å². The first kappa shape index (κ1) is 13.7. The smallest absolute Gasteiger partial charge is 0.322 e. The first-order chi connectivity index (χ1) is 8.88. The van der Waals surface area contributed by atoms with E-state index in [0.717, 1.165) is 12.1 Å². The van der Waals surface area contributed by atoms with E-state index in [1.165, 1.54) is 4.90 Å². The van der Waals surface area contributed by atoms with E-state index in [2.05, 4.69) is 21.2 Å². The van der Waals surface area contributed by atoms with Crippen LogP contribution in [0.4, 0.5) is 19.3 Å². The molecule has 1 aliphatic heterocycles. The van der Waals surface area contributed by atoms with Crippen molar-refractivity contribution in [3.05, 3.63) is 28.2 Å². The molecule has 19 heavy (non-hydrogen) atoms. The number of hydrogen-bond acceptors (Lipinski definition) is 2. The van der Waals surface area contributed by atoms with E-state index in [1.807, 2.05) is 0 Å². The number of carboxylic acid groups (broad SMARTS) is 1. The maximum absolute atomic E-state index is 13.5. The minimum absolute atomic E-state index is 0.0287. The van der Waals surface area contributed by atoms with Crippen molar-refractivity contribution in [2.45, 2.75) is 0 Å². The van der Waals surface area contributed by atoms with Crippen LogP contribution in [0.5, 0.6) is 0 Å². The molecule has 1 fully saturated rings. The van der Waals surface area contributed by atoms with Gasteiger partial charge in [-0.15, -0.1) is 0 Å². The first-order valence-corrected chi connectivity index (χ1v) is 6.11. The highest BCUT2D eigenvalue weighted by Gasteiger charge is 2.36. The number of amides is 2. The number of likely N-dealkylation sites (tertiary alicyclic amines) is 1. The van der Waals surface area contributed by atoms with Crippen LogP contribution < -0.4 is 5.32 Å². The van der Waals surface area contributed by atoms with Crippen molar-refractivity contribution in [3.63, 3.8) is 0 Å². The number of carbonyl (C=O) groups excluding carboxylic acids is 1. The van der Waals surface area contributed by atoms with Crippen molar-refractivity contribution in [3.8, 4) is 0 Å². The summed E-state index contributed by atoms with van der Waals surface area (Å²) in [5.41, 5.74) is -0.549. The summed E-state index contributed by atoms with van der Waals surface area (Å²) in [5.74, 6) is -3.43. The number of urea groups is 1. The molecule has 0 spiro atoms. The fourth-order valence-corrected chi connectivity index (χ4v) is 2.05. The molecular weight excluding hydrogens is 326 g/mol. The fourth-order valence-electron chi connectivity index (χ4n) is 1.65. The highest BCUT2D eigenvalue weighted by molar-refractivity contribution is 9.10. The van der Waals surface area contributed by atoms with Crippen LogP contribution in [0, 0.1) is 17.6 Å². The monoisotopic (exact) mass is 334 g/mol. The molecule has 1 aliphatic rings. The number of carbonyl (C=O) groups is 2. The van der Waals surface area contributed by atoms with Crippen LogP contribution in [0.1, 0.15) is 0 Å². The molecule has 0 bridgehead atoms. The second-order valence-electron chi connectivity index (χ2n) is 4.11. The molecule has 1 heterocycles. The standard InChI is InChI=1S/C11H9BrF2N2O3/c12-6-1-7(13)9(8(14)2-6)15-11(19)16-3-5(4-16)10(17)18/h1-2,5H,3-4H2,(H,15,19)(H,17,18). The second-order valence-corrected chi connectivity index (χ2v) is 5.03. The Morgan fingerprint density at radius 3 is 2.32 bits per heavy atom. The van der Waals surface area contributed by atoms with Crippen LogP contribution in [0.25, 0.3) is 0 Å². The number of nitrogens with one attached hydrogen (secondary N) is 1. The Kier molecular flexibility index (Phi) is 3.70. The van der Waals surface area contributed by atoms with Crippen molar-refractivity contribution in [2.75, 3.05) is 18.4 Å². The van der Waals surface area contributed by atoms with Gasteiger partial charge in [0.1, 0.15) is 5.69 Å². The highest BCUT2D eigenvalue weighted by Crippen LogP contribution is 2.25. The van der Waals surface area contributed by atoms with E-state index < -0.39 is 35.2 Å². The van der Waals surface area contributed by atoms with Gasteiger partial charge in [0.2, 0.25) is 0 Å². The summed E-state index contributed by atoms with van der Waals surface area (Å²) >= 11 is 2.92. The van der Waals surface area contributed by atoms with Gasteiger partial charge < -0.3 is 15.3 Å². The summed E-state index contributed by atoms with van der Waals surface area (Å²) in [6.07, 6.45) is 0. The molecule has 0 radical (unpaired) electrons. The zero-order valence-corrected chi connectivity index (χ0v) is 11.1. The van der Waals surface area contributed by atoms with E-state index in [-0.39, 0.29) is 17.6 Å². The molecule has 1 saturated heterocycles. The van der Waals surface area contributed by atoms with Crippen LogP contribution >= 0.6 is 15.9 Å². The lowest BCUT2D eigenvalue weighted by atomic mass is 10.0. The van der Waals surface area contributed by atoms with Crippen molar-refractivity contribution < 1.29 is 23.5 Å². The molecule has 0 aliphatic carbocycles. The molecule has 1 aromatic rings. The van der Waals surface area contributed by atoms with E-state index in [0.29, 0.717) is 0 Å². The van der Waals surface area contributed by atoms with Crippen LogP contribution in [0.3, 0.4) is 0 Å². The molecule has 0 atom stereocenters. The number of halogens is 3. The lowest BCUT2D eigenvalue weighted by molar-refractivity contribution is -0.145. The summed E-state index contributed by atoms with van der Waals surface area (Å²) in [6.45, 7) is 0.0574. The Labute approximate surface area is 115 Å². The average Bonchev–Trinajstić information content (AvgIpc) is 2.20. The van der Waals surface area contributed by atoms with E-state index >= 15 is 0 Å². The molecule has 0 unspecified atom stereocenters. The average molecular weight is 335 g/mol. The molecule has 8 heteroatoms. The Bertz CT molecular complexity index is 524. The Morgan fingerprint density at radius 1 is 1.32 bits per heavy atom. The maximum atomic E-state index is 13.5. The normalized spacial score (nSPS) is 15.0. The molecule has 0 aromatic heterocycles. The van der Waals surface area contributed by atoms with Gasteiger partial charge in [0, 0.05) is 17.6 Å². The quantitative estimate of drug-likeness (QED) is 0.871. The molecule has 0 saturated carbocycles. The Morgan fingerprint density at radius 2 is 1.84 bits per heavy atom. The lowest BCUT2D eigenvalue weighted by Crippen LogP contribution is -2.54. The van der Waals surface area contributed by atoms with Crippen LogP contribution in [0.15, 0.2) is 16.6 Å². The Hall–Kier alpha value is -1.70. The minimum atomic E-state index is -0.995. The van der Waals surface area contributed by atoms with Gasteiger partial charge in [-0.2, -0.15) is 0 Å². The van der Waals surface area contributed by atoms with Gasteiger partial charge >= 0.3 is 12.0 Å². The number of anilines is 1. The van der Waals surface area contributed by atoms with E-state index in [9.17, 15) is 18.4 Å². The first-order valence-electron chi connectivity index (χ1n) is 5.31. The van der Waals surface area contributed by atoms with Gasteiger partial charge in [0.15, 0.2) is 11.6 Å². The van der Waals surface area contributed by atoms with E-state index in [4.69, 9.17) is 5.11 Å². The number of nitrogens with zero attached hydrogens (tertiary/aromatic N) is 1. The predicted molar refractivity (Wildman–Crippen MR) is 65.8 cm³/mol. The number of hydrogen-bond donors (Lipinski definition) is 2. The van der Waals surface area contributed by atoms with Crippen molar-refractivity contribution in [1.29, 1.82) is 0 Å². The molecule has 2 rings (SSSR count). The van der Waals surface area contributed by atoms with Gasteiger partial charge in [0.05, 0.1) is 5.92 Å². The van der Waals surface area contributed by atoms with Gasteiger partial charge in [-0.25, -0.2) is 13.6 Å². The number of benzene rings is 1. The van der Waals surface area contributed by atoms with Crippen molar-refractivity contribution in [2.24, 2.45) is 5.92 Å². The second kappa shape index (κ2) is 5.12. The van der Waals surface area contributed by atoms with Crippen LogP contribution in [0.2, 0.25) is 0 Å². The summed E-state index contributed by atoms with van der Waals surface area (Å²) < 4.78 is 27.1. The third-order valence-corrected chi connectivity index (χ3v) is 3.21. The summed E-state index contributed by atoms with van der Waals surface area (Å²) in [6, 6.07) is 1.32. The summed E-state index contributed by atoms with van der Waals surface area (Å²) in [5, 5.41) is 10.7. The lowest BCUT2D eigenvalue weighted by Gasteiger charge is -2.36. The van der Waals surface area contributed by atoms with Crippen molar-refractivity contribution in [1.82, 2.24) is 4.90 Å². The summed E-state index contributed by atoms with van der Waals surface area (Å²) in [4.78, 5) is 23.4.